The fourth-order valence-electron chi connectivity index (χ4n) is 3.43. The molecule has 1 atom stereocenters. The van der Waals surface area contributed by atoms with Crippen LogP contribution in [0.4, 0.5) is 4.79 Å². The fraction of sp³-hybridized carbons (Fsp3) is 0.765. The van der Waals surface area contributed by atoms with E-state index < -0.39 is 5.60 Å². The quantitative estimate of drug-likeness (QED) is 0.928. The lowest BCUT2D eigenvalue weighted by molar-refractivity contribution is 0.0168. The first-order valence-corrected chi connectivity index (χ1v) is 8.47. The molecule has 0 radical (unpaired) electrons. The van der Waals surface area contributed by atoms with Gasteiger partial charge in [0.05, 0.1) is 6.54 Å². The maximum Gasteiger partial charge on any atom is 0.410 e. The number of amides is 1. The van der Waals surface area contributed by atoms with E-state index >= 15 is 0 Å². The van der Waals surface area contributed by atoms with Crippen LogP contribution in [-0.2, 0) is 18.3 Å². The van der Waals surface area contributed by atoms with Crippen LogP contribution < -0.4 is 5.32 Å². The molecule has 2 aliphatic rings. The summed E-state index contributed by atoms with van der Waals surface area (Å²) in [5.74, 6) is 1.07. The molecule has 0 aromatic carbocycles. The summed E-state index contributed by atoms with van der Waals surface area (Å²) in [6.07, 6.45) is 6.96. The number of nitrogens with one attached hydrogen (secondary N) is 1. The summed E-state index contributed by atoms with van der Waals surface area (Å²) in [6.45, 7) is 8.15. The van der Waals surface area contributed by atoms with Crippen molar-refractivity contribution in [1.29, 1.82) is 0 Å². The van der Waals surface area contributed by atoms with E-state index in [1.807, 2.05) is 49.7 Å². The van der Waals surface area contributed by atoms with Crippen LogP contribution in [0.2, 0.25) is 0 Å². The molecule has 6 heteroatoms. The number of hydrogen-bond donors (Lipinski definition) is 1. The second-order valence-electron chi connectivity index (χ2n) is 7.92. The van der Waals surface area contributed by atoms with E-state index in [0.717, 1.165) is 38.3 Å². The Morgan fingerprint density at radius 3 is 2.70 bits per heavy atom. The highest BCUT2D eigenvalue weighted by Gasteiger charge is 2.55. The zero-order valence-corrected chi connectivity index (χ0v) is 14.6. The molecular weight excluding hydrogens is 292 g/mol. The Hall–Kier alpha value is -1.56. The number of aromatic nitrogens is 2. The van der Waals surface area contributed by atoms with Crippen molar-refractivity contribution >= 4 is 6.09 Å². The number of carbonyl (C=O) groups excluding carboxylic acids is 1. The summed E-state index contributed by atoms with van der Waals surface area (Å²) < 4.78 is 7.51. The molecule has 2 fully saturated rings. The summed E-state index contributed by atoms with van der Waals surface area (Å²) in [5, 5.41) is 3.62. The third-order valence-electron chi connectivity index (χ3n) is 5.03. The summed E-state index contributed by atoms with van der Waals surface area (Å²) in [6, 6.07) is 0.556. The van der Waals surface area contributed by atoms with E-state index in [1.54, 1.807) is 0 Å². The third kappa shape index (κ3) is 3.68. The molecule has 1 aromatic rings. The highest BCUT2D eigenvalue weighted by molar-refractivity contribution is 5.68. The van der Waals surface area contributed by atoms with Crippen LogP contribution >= 0.6 is 0 Å². The molecule has 1 aliphatic heterocycles. The standard InChI is InChI=1S/C17H28N4O2/c1-16(2,3)23-15(22)21-8-5-17(6-9-21)11-13(17)19-12-14-18-7-10-20(14)4/h7,10,13,19H,5-6,8-9,11-12H2,1-4H3. The summed E-state index contributed by atoms with van der Waals surface area (Å²) in [5.41, 5.74) is -0.0400. The predicted octanol–water partition coefficient (Wildman–Crippen LogP) is 2.30. The molecular formula is C17H28N4O2. The number of aryl methyl sites for hydroxylation is 1. The number of carbonyl (C=O) groups is 1. The Bertz CT molecular complexity index is 567. The van der Waals surface area contributed by atoms with Crippen molar-refractivity contribution in [3.05, 3.63) is 18.2 Å². The third-order valence-corrected chi connectivity index (χ3v) is 5.03. The average molecular weight is 320 g/mol. The predicted molar refractivity (Wildman–Crippen MR) is 87.9 cm³/mol. The Morgan fingerprint density at radius 1 is 1.43 bits per heavy atom. The molecule has 1 N–H and O–H groups in total. The first-order chi connectivity index (χ1) is 10.8. The average Bonchev–Trinajstić information content (AvgIpc) is 2.95. The minimum atomic E-state index is -0.419. The van der Waals surface area contributed by atoms with Gasteiger partial charge in [-0.3, -0.25) is 0 Å². The molecule has 1 unspecified atom stereocenters. The van der Waals surface area contributed by atoms with Crippen LogP contribution in [0.3, 0.4) is 0 Å². The van der Waals surface area contributed by atoms with Crippen LogP contribution in [0.15, 0.2) is 12.4 Å². The zero-order valence-electron chi connectivity index (χ0n) is 14.6. The smallest absolute Gasteiger partial charge is 0.410 e. The number of hydrogen-bond acceptors (Lipinski definition) is 4. The summed E-state index contributed by atoms with van der Waals surface area (Å²) in [7, 11) is 2.02. The SMILES string of the molecule is Cn1ccnc1CNC1CC12CCN(C(=O)OC(C)(C)C)CC2. The number of piperidine rings is 1. The lowest BCUT2D eigenvalue weighted by atomic mass is 9.93. The Kier molecular flexibility index (Phi) is 4.12. The monoisotopic (exact) mass is 320 g/mol. The first-order valence-electron chi connectivity index (χ1n) is 8.47. The number of likely N-dealkylation sites (tertiary alicyclic amines) is 1. The maximum absolute atomic E-state index is 12.1. The normalized spacial score (nSPS) is 23.1. The van der Waals surface area contributed by atoms with Gasteiger partial charge in [0, 0.05) is 38.6 Å². The topological polar surface area (TPSA) is 59.4 Å². The van der Waals surface area contributed by atoms with Gasteiger partial charge in [-0.2, -0.15) is 0 Å². The number of imidazole rings is 1. The van der Waals surface area contributed by atoms with Crippen LogP contribution in [-0.4, -0.2) is 45.3 Å². The van der Waals surface area contributed by atoms with Gasteiger partial charge in [0.15, 0.2) is 0 Å². The van der Waals surface area contributed by atoms with Crippen molar-refractivity contribution in [2.45, 2.75) is 58.2 Å². The van der Waals surface area contributed by atoms with Gasteiger partial charge in [0.2, 0.25) is 0 Å². The lowest BCUT2D eigenvalue weighted by Crippen LogP contribution is -2.43. The Labute approximate surface area is 138 Å². The minimum absolute atomic E-state index is 0.175. The van der Waals surface area contributed by atoms with Crippen molar-refractivity contribution < 1.29 is 9.53 Å². The molecule has 2 heterocycles. The van der Waals surface area contributed by atoms with Gasteiger partial charge in [-0.1, -0.05) is 0 Å². The molecule has 1 saturated heterocycles. The molecule has 1 aromatic heterocycles. The summed E-state index contributed by atoms with van der Waals surface area (Å²) >= 11 is 0. The second kappa shape index (κ2) is 5.82. The lowest BCUT2D eigenvalue weighted by Gasteiger charge is -2.34. The van der Waals surface area contributed by atoms with Crippen LogP contribution in [0.25, 0.3) is 0 Å². The van der Waals surface area contributed by atoms with Gasteiger partial charge in [-0.05, 0) is 45.4 Å². The van der Waals surface area contributed by atoms with Crippen molar-refractivity contribution in [2.24, 2.45) is 12.5 Å². The van der Waals surface area contributed by atoms with Gasteiger partial charge < -0.3 is 19.5 Å². The highest BCUT2D eigenvalue weighted by Crippen LogP contribution is 2.54. The molecule has 1 spiro atoms. The van der Waals surface area contributed by atoms with Gasteiger partial charge in [0.1, 0.15) is 11.4 Å². The molecule has 1 saturated carbocycles. The molecule has 1 amide bonds. The van der Waals surface area contributed by atoms with Gasteiger partial charge in [-0.25, -0.2) is 9.78 Å². The van der Waals surface area contributed by atoms with Gasteiger partial charge in [-0.15, -0.1) is 0 Å². The maximum atomic E-state index is 12.1. The van der Waals surface area contributed by atoms with Crippen molar-refractivity contribution in [3.63, 3.8) is 0 Å². The number of nitrogens with zero attached hydrogens (tertiary/aromatic N) is 3. The van der Waals surface area contributed by atoms with E-state index in [0.29, 0.717) is 11.5 Å². The fourth-order valence-corrected chi connectivity index (χ4v) is 3.43. The molecule has 6 nitrogen and oxygen atoms in total. The van der Waals surface area contributed by atoms with Crippen molar-refractivity contribution in [2.75, 3.05) is 13.1 Å². The molecule has 3 rings (SSSR count). The first kappa shape index (κ1) is 16.3. The van der Waals surface area contributed by atoms with E-state index in [1.165, 1.54) is 6.42 Å². The molecule has 1 aliphatic carbocycles. The van der Waals surface area contributed by atoms with E-state index in [4.69, 9.17) is 4.74 Å². The van der Waals surface area contributed by atoms with Crippen LogP contribution in [0.5, 0.6) is 0 Å². The van der Waals surface area contributed by atoms with E-state index in [-0.39, 0.29) is 6.09 Å². The number of ether oxygens (including phenoxy) is 1. The van der Waals surface area contributed by atoms with Crippen LogP contribution in [0, 0.1) is 5.41 Å². The van der Waals surface area contributed by atoms with E-state index in [9.17, 15) is 4.79 Å². The van der Waals surface area contributed by atoms with Gasteiger partial charge in [0.25, 0.3) is 0 Å². The van der Waals surface area contributed by atoms with Crippen LogP contribution in [0.1, 0.15) is 45.9 Å². The molecule has 0 bridgehead atoms. The van der Waals surface area contributed by atoms with Gasteiger partial charge >= 0.3 is 6.09 Å². The second-order valence-corrected chi connectivity index (χ2v) is 7.92. The van der Waals surface area contributed by atoms with Crippen molar-refractivity contribution in [1.82, 2.24) is 19.8 Å². The van der Waals surface area contributed by atoms with E-state index in [2.05, 4.69) is 10.3 Å². The minimum Gasteiger partial charge on any atom is -0.444 e. The molecule has 128 valence electrons. The largest absolute Gasteiger partial charge is 0.444 e. The Morgan fingerprint density at radius 2 is 2.13 bits per heavy atom. The highest BCUT2D eigenvalue weighted by atomic mass is 16.6. The Balaban J connectivity index is 1.45. The summed E-state index contributed by atoms with van der Waals surface area (Å²) in [4.78, 5) is 18.3. The number of rotatable bonds is 3. The molecule has 23 heavy (non-hydrogen) atoms. The van der Waals surface area contributed by atoms with Crippen molar-refractivity contribution in [3.8, 4) is 0 Å². The zero-order chi connectivity index (χ0) is 16.7.